The first-order valence-electron chi connectivity index (χ1n) is 6.16. The minimum absolute atomic E-state index is 0.0723. The molecule has 0 nitrogen and oxygen atoms in total. The monoisotopic (exact) mass is 192 g/mol. The molecular formula is C13H25B. The average molecular weight is 192 g/mol. The van der Waals surface area contributed by atoms with Crippen molar-refractivity contribution in [1.29, 1.82) is 0 Å². The maximum absolute atomic E-state index is 6.40. The van der Waals surface area contributed by atoms with E-state index in [1.54, 1.807) is 0 Å². The maximum atomic E-state index is 6.40. The molecule has 0 aliphatic heterocycles. The van der Waals surface area contributed by atoms with Gasteiger partial charge in [-0.1, -0.05) is 59.2 Å². The summed E-state index contributed by atoms with van der Waals surface area (Å²) in [6.07, 6.45) is 5.01. The van der Waals surface area contributed by atoms with Crippen molar-refractivity contribution >= 4 is 7.85 Å². The van der Waals surface area contributed by atoms with Crippen molar-refractivity contribution in [3.8, 4) is 0 Å². The van der Waals surface area contributed by atoms with Gasteiger partial charge in [-0.3, -0.25) is 0 Å². The normalized spacial score (nSPS) is 41.5. The van der Waals surface area contributed by atoms with Crippen LogP contribution in [0.1, 0.15) is 60.3 Å². The van der Waals surface area contributed by atoms with Gasteiger partial charge in [-0.2, -0.15) is 0 Å². The predicted molar refractivity (Wildman–Crippen MR) is 64.7 cm³/mol. The zero-order valence-corrected chi connectivity index (χ0v) is 10.6. The summed E-state index contributed by atoms with van der Waals surface area (Å²) in [5.74, 6) is 1.54. The van der Waals surface area contributed by atoms with Gasteiger partial charge in [0.25, 0.3) is 0 Å². The highest BCUT2D eigenvalue weighted by Gasteiger charge is 2.51. The molecule has 4 unspecified atom stereocenters. The molecule has 1 heteroatoms. The molecule has 1 saturated carbocycles. The average Bonchev–Trinajstić information content (AvgIpc) is 2.12. The van der Waals surface area contributed by atoms with Crippen LogP contribution in [-0.4, -0.2) is 7.85 Å². The molecule has 0 spiro atoms. The third-order valence-corrected chi connectivity index (χ3v) is 4.83. The number of hydrogen-bond donors (Lipinski definition) is 0. The molecule has 0 N–H and O–H groups in total. The van der Waals surface area contributed by atoms with Gasteiger partial charge in [-0.15, -0.1) is 0 Å². The zero-order valence-electron chi connectivity index (χ0n) is 10.6. The molecule has 1 aliphatic carbocycles. The third-order valence-electron chi connectivity index (χ3n) is 4.83. The highest BCUT2D eigenvalue weighted by molar-refractivity contribution is 6.15. The molecule has 0 aromatic heterocycles. The summed E-state index contributed by atoms with van der Waals surface area (Å²) in [7, 11) is 6.40. The summed E-state index contributed by atoms with van der Waals surface area (Å²) in [5.41, 5.74) is 0.568. The van der Waals surface area contributed by atoms with Crippen LogP contribution in [0.5, 0.6) is 0 Å². The molecule has 14 heavy (non-hydrogen) atoms. The fourth-order valence-corrected chi connectivity index (χ4v) is 3.18. The summed E-state index contributed by atoms with van der Waals surface area (Å²) < 4.78 is 0. The molecule has 1 rings (SSSR count). The Morgan fingerprint density at radius 2 is 2.00 bits per heavy atom. The lowest BCUT2D eigenvalue weighted by Gasteiger charge is -2.58. The molecule has 0 heterocycles. The van der Waals surface area contributed by atoms with Gasteiger partial charge < -0.3 is 0 Å². The van der Waals surface area contributed by atoms with Crippen molar-refractivity contribution in [2.24, 2.45) is 17.3 Å². The van der Waals surface area contributed by atoms with Crippen molar-refractivity contribution in [2.45, 2.75) is 65.6 Å². The van der Waals surface area contributed by atoms with E-state index in [4.69, 9.17) is 7.85 Å². The molecule has 0 bridgehead atoms. The quantitative estimate of drug-likeness (QED) is 0.585. The predicted octanol–water partition coefficient (Wildman–Crippen LogP) is 4.21. The van der Waals surface area contributed by atoms with Crippen LogP contribution < -0.4 is 0 Å². The lowest BCUT2D eigenvalue weighted by atomic mass is 9.42. The fraction of sp³-hybridized carbons (Fsp3) is 1.00. The molecule has 4 atom stereocenters. The Morgan fingerprint density at radius 3 is 2.36 bits per heavy atom. The van der Waals surface area contributed by atoms with Crippen LogP contribution in [0.15, 0.2) is 0 Å². The Labute approximate surface area is 91.3 Å². The van der Waals surface area contributed by atoms with Gasteiger partial charge in [0, 0.05) is 0 Å². The minimum atomic E-state index is 0.0723. The molecule has 1 fully saturated rings. The molecule has 80 valence electrons. The smallest absolute Gasteiger partial charge is 0.0674 e. The summed E-state index contributed by atoms with van der Waals surface area (Å²) in [6.45, 7) is 11.6. The van der Waals surface area contributed by atoms with Gasteiger partial charge >= 0.3 is 0 Å². The second-order valence-electron chi connectivity index (χ2n) is 5.86. The fourth-order valence-electron chi connectivity index (χ4n) is 3.18. The first-order valence-corrected chi connectivity index (χ1v) is 6.16. The van der Waals surface area contributed by atoms with E-state index in [-0.39, 0.29) is 5.31 Å². The van der Waals surface area contributed by atoms with Crippen LogP contribution >= 0.6 is 0 Å². The van der Waals surface area contributed by atoms with Gasteiger partial charge in [0.15, 0.2) is 0 Å². The van der Waals surface area contributed by atoms with Crippen molar-refractivity contribution in [2.75, 3.05) is 0 Å². The summed E-state index contributed by atoms with van der Waals surface area (Å²) in [6, 6.07) is 0. The second-order valence-corrected chi connectivity index (χ2v) is 5.86. The van der Waals surface area contributed by atoms with E-state index in [0.717, 1.165) is 11.8 Å². The standard InChI is InChI=1S/C13H25B/c1-6-8-13(5,14)11-9-12(4,7-2)10(11)3/h10-11H,6-9H2,1-5H3. The number of hydrogen-bond acceptors (Lipinski definition) is 0. The third kappa shape index (κ3) is 1.88. The van der Waals surface area contributed by atoms with Crippen LogP contribution in [0.2, 0.25) is 5.31 Å². The first-order chi connectivity index (χ1) is 6.37. The molecule has 0 aromatic carbocycles. The van der Waals surface area contributed by atoms with Crippen LogP contribution in [0.4, 0.5) is 0 Å². The molecule has 2 radical (unpaired) electrons. The summed E-state index contributed by atoms with van der Waals surface area (Å²) in [4.78, 5) is 0. The van der Waals surface area contributed by atoms with E-state index in [2.05, 4.69) is 34.6 Å². The maximum Gasteiger partial charge on any atom is 0.0746 e. The van der Waals surface area contributed by atoms with Crippen LogP contribution in [0.3, 0.4) is 0 Å². The van der Waals surface area contributed by atoms with Gasteiger partial charge in [-0.25, -0.2) is 0 Å². The van der Waals surface area contributed by atoms with Crippen molar-refractivity contribution in [3.63, 3.8) is 0 Å². The van der Waals surface area contributed by atoms with E-state index >= 15 is 0 Å². The molecular weight excluding hydrogens is 167 g/mol. The largest absolute Gasteiger partial charge is 0.0746 e. The Hall–Kier alpha value is 0.0649. The van der Waals surface area contributed by atoms with Crippen LogP contribution in [0, 0.1) is 17.3 Å². The van der Waals surface area contributed by atoms with Crippen LogP contribution in [-0.2, 0) is 0 Å². The Kier molecular flexibility index (Phi) is 3.39. The highest BCUT2D eigenvalue weighted by atomic mass is 14.5. The Morgan fingerprint density at radius 1 is 1.43 bits per heavy atom. The highest BCUT2D eigenvalue weighted by Crippen LogP contribution is 2.61. The molecule has 0 aromatic rings. The van der Waals surface area contributed by atoms with Crippen LogP contribution in [0.25, 0.3) is 0 Å². The van der Waals surface area contributed by atoms with Gasteiger partial charge in [0.05, 0.1) is 7.85 Å². The summed E-state index contributed by atoms with van der Waals surface area (Å²) in [5, 5.41) is 0.0723. The number of rotatable bonds is 4. The second kappa shape index (κ2) is 3.91. The van der Waals surface area contributed by atoms with E-state index < -0.39 is 0 Å². The van der Waals surface area contributed by atoms with Gasteiger partial charge in [0.1, 0.15) is 0 Å². The SMILES string of the molecule is [B]C(C)(CCC)C1CC(C)(CC)C1C. The van der Waals surface area contributed by atoms with Crippen molar-refractivity contribution in [3.05, 3.63) is 0 Å². The minimum Gasteiger partial charge on any atom is -0.0674 e. The summed E-state index contributed by atoms with van der Waals surface area (Å²) >= 11 is 0. The first kappa shape index (κ1) is 12.1. The topological polar surface area (TPSA) is 0 Å². The Bertz CT molecular complexity index is 197. The van der Waals surface area contributed by atoms with Gasteiger partial charge in [0.2, 0.25) is 0 Å². The lowest BCUT2D eigenvalue weighted by Crippen LogP contribution is -2.48. The van der Waals surface area contributed by atoms with Crippen molar-refractivity contribution < 1.29 is 0 Å². The van der Waals surface area contributed by atoms with E-state index in [1.807, 2.05) is 0 Å². The molecule has 0 amide bonds. The van der Waals surface area contributed by atoms with Gasteiger partial charge in [-0.05, 0) is 23.7 Å². The molecule has 1 aliphatic rings. The molecule has 0 saturated heterocycles. The lowest BCUT2D eigenvalue weighted by molar-refractivity contribution is -0.0432. The zero-order chi connectivity index (χ0) is 11.0. The van der Waals surface area contributed by atoms with E-state index in [1.165, 1.54) is 25.7 Å². The van der Waals surface area contributed by atoms with Crippen molar-refractivity contribution in [1.82, 2.24) is 0 Å². The van der Waals surface area contributed by atoms with E-state index in [9.17, 15) is 0 Å². The Balaban J connectivity index is 2.59. The van der Waals surface area contributed by atoms with E-state index in [0.29, 0.717) is 5.41 Å².